The summed E-state index contributed by atoms with van der Waals surface area (Å²) < 4.78 is 0. The molecular formula is C19H26N4O2. The number of benzene rings is 1. The van der Waals surface area contributed by atoms with Crippen LogP contribution in [0.15, 0.2) is 30.5 Å². The van der Waals surface area contributed by atoms with Gasteiger partial charge in [0.2, 0.25) is 5.91 Å². The lowest BCUT2D eigenvalue weighted by molar-refractivity contribution is -0.131. The maximum Gasteiger partial charge on any atom is 0.315 e. The van der Waals surface area contributed by atoms with Gasteiger partial charge in [-0.2, -0.15) is 0 Å². The first-order valence-electron chi connectivity index (χ1n) is 8.92. The van der Waals surface area contributed by atoms with Crippen LogP contribution >= 0.6 is 0 Å². The number of amides is 3. The van der Waals surface area contributed by atoms with E-state index in [-0.39, 0.29) is 24.0 Å². The van der Waals surface area contributed by atoms with E-state index < -0.39 is 0 Å². The van der Waals surface area contributed by atoms with Gasteiger partial charge >= 0.3 is 6.03 Å². The van der Waals surface area contributed by atoms with Crippen molar-refractivity contribution in [3.05, 3.63) is 36.0 Å². The minimum absolute atomic E-state index is 0.123. The number of aromatic amines is 1. The van der Waals surface area contributed by atoms with Gasteiger partial charge in [-0.1, -0.05) is 18.2 Å². The molecule has 1 fully saturated rings. The second-order valence-corrected chi connectivity index (χ2v) is 6.96. The van der Waals surface area contributed by atoms with E-state index in [4.69, 9.17) is 0 Å². The Morgan fingerprint density at radius 3 is 2.68 bits per heavy atom. The number of urea groups is 1. The second kappa shape index (κ2) is 7.59. The van der Waals surface area contributed by atoms with E-state index in [9.17, 15) is 9.59 Å². The molecule has 3 N–H and O–H groups in total. The van der Waals surface area contributed by atoms with Crippen LogP contribution in [0.2, 0.25) is 0 Å². The highest BCUT2D eigenvalue weighted by molar-refractivity contribution is 5.88. The van der Waals surface area contributed by atoms with Crippen LogP contribution in [0.5, 0.6) is 0 Å². The van der Waals surface area contributed by atoms with Crippen molar-refractivity contribution in [1.82, 2.24) is 20.5 Å². The van der Waals surface area contributed by atoms with Crippen LogP contribution in [-0.2, 0) is 11.2 Å². The van der Waals surface area contributed by atoms with E-state index in [0.29, 0.717) is 19.5 Å². The maximum absolute atomic E-state index is 12.6. The first-order chi connectivity index (χ1) is 12.0. The Bertz CT molecular complexity index is 745. The molecule has 3 rings (SSSR count). The predicted octanol–water partition coefficient (Wildman–Crippen LogP) is 2.41. The lowest BCUT2D eigenvalue weighted by Gasteiger charge is -2.32. The maximum atomic E-state index is 12.6. The number of fused-ring (bicyclic) bond motifs is 1. The standard InChI is InChI=1S/C19H26N4O2/c1-13(2)21-19(25)22-15-7-9-23(10-8-15)18(24)11-14-12-20-17-6-4-3-5-16(14)17/h3-6,12-13,15,20H,7-11H2,1-2H3,(H2,21,22,25). The van der Waals surface area contributed by atoms with Crippen molar-refractivity contribution in [2.24, 2.45) is 0 Å². The molecule has 2 aromatic rings. The number of nitrogens with zero attached hydrogens (tertiary/aromatic N) is 1. The van der Waals surface area contributed by atoms with Crippen molar-refractivity contribution in [2.75, 3.05) is 13.1 Å². The van der Waals surface area contributed by atoms with Crippen molar-refractivity contribution in [1.29, 1.82) is 0 Å². The van der Waals surface area contributed by atoms with E-state index >= 15 is 0 Å². The van der Waals surface area contributed by atoms with Crippen LogP contribution in [0.3, 0.4) is 0 Å². The van der Waals surface area contributed by atoms with Gasteiger partial charge in [0.05, 0.1) is 6.42 Å². The zero-order valence-electron chi connectivity index (χ0n) is 14.8. The summed E-state index contributed by atoms with van der Waals surface area (Å²) in [4.78, 5) is 29.5. The largest absolute Gasteiger partial charge is 0.361 e. The van der Waals surface area contributed by atoms with Crippen molar-refractivity contribution >= 4 is 22.8 Å². The van der Waals surface area contributed by atoms with Gasteiger partial charge in [0.25, 0.3) is 0 Å². The van der Waals surface area contributed by atoms with Crippen LogP contribution in [0.1, 0.15) is 32.3 Å². The molecule has 1 aliphatic rings. The molecule has 0 bridgehead atoms. The van der Waals surface area contributed by atoms with Gasteiger partial charge in [-0.05, 0) is 38.3 Å². The molecule has 3 amide bonds. The Hall–Kier alpha value is -2.50. The van der Waals surface area contributed by atoms with E-state index in [1.807, 2.05) is 49.2 Å². The van der Waals surface area contributed by atoms with E-state index in [1.165, 1.54) is 0 Å². The van der Waals surface area contributed by atoms with Gasteiger partial charge < -0.3 is 20.5 Å². The summed E-state index contributed by atoms with van der Waals surface area (Å²) in [6.07, 6.45) is 3.93. The topological polar surface area (TPSA) is 77.2 Å². The number of rotatable bonds is 4. The molecule has 0 atom stereocenters. The summed E-state index contributed by atoms with van der Waals surface area (Å²) in [6, 6.07) is 8.16. The van der Waals surface area contributed by atoms with Gasteiger partial charge in [0.15, 0.2) is 0 Å². The van der Waals surface area contributed by atoms with Crippen LogP contribution in [0.25, 0.3) is 10.9 Å². The normalized spacial score (nSPS) is 15.6. The van der Waals surface area contributed by atoms with Gasteiger partial charge in [0, 0.05) is 42.3 Å². The van der Waals surface area contributed by atoms with Crippen molar-refractivity contribution in [3.63, 3.8) is 0 Å². The molecular weight excluding hydrogens is 316 g/mol. The Morgan fingerprint density at radius 2 is 1.96 bits per heavy atom. The molecule has 0 saturated carbocycles. The average molecular weight is 342 g/mol. The number of hydrogen-bond donors (Lipinski definition) is 3. The predicted molar refractivity (Wildman–Crippen MR) is 98.4 cm³/mol. The molecule has 1 saturated heterocycles. The minimum Gasteiger partial charge on any atom is -0.361 e. The quantitative estimate of drug-likeness (QED) is 0.798. The SMILES string of the molecule is CC(C)NC(=O)NC1CCN(C(=O)Cc2c[nH]c3ccccc23)CC1. The van der Waals surface area contributed by atoms with Crippen LogP contribution in [-0.4, -0.2) is 47.0 Å². The lowest BCUT2D eigenvalue weighted by atomic mass is 10.0. The smallest absolute Gasteiger partial charge is 0.315 e. The highest BCUT2D eigenvalue weighted by atomic mass is 16.2. The molecule has 0 unspecified atom stereocenters. The fourth-order valence-corrected chi connectivity index (χ4v) is 3.32. The second-order valence-electron chi connectivity index (χ2n) is 6.96. The Morgan fingerprint density at radius 1 is 1.24 bits per heavy atom. The summed E-state index contributed by atoms with van der Waals surface area (Å²) in [6.45, 7) is 5.25. The highest BCUT2D eigenvalue weighted by Crippen LogP contribution is 2.19. The van der Waals surface area contributed by atoms with Crippen molar-refractivity contribution < 1.29 is 9.59 Å². The molecule has 0 spiro atoms. The number of piperidine rings is 1. The summed E-state index contributed by atoms with van der Waals surface area (Å²) in [5.74, 6) is 0.148. The summed E-state index contributed by atoms with van der Waals surface area (Å²) in [5.41, 5.74) is 2.10. The fourth-order valence-electron chi connectivity index (χ4n) is 3.32. The van der Waals surface area contributed by atoms with E-state index in [0.717, 1.165) is 29.3 Å². The van der Waals surface area contributed by atoms with Gasteiger partial charge in [-0.25, -0.2) is 4.79 Å². The van der Waals surface area contributed by atoms with Crippen LogP contribution < -0.4 is 10.6 Å². The van der Waals surface area contributed by atoms with Crippen LogP contribution in [0.4, 0.5) is 4.79 Å². The van der Waals surface area contributed by atoms with Crippen molar-refractivity contribution in [2.45, 2.75) is 45.2 Å². The Labute approximate surface area is 148 Å². The number of carbonyl (C=O) groups excluding carboxylic acids is 2. The number of nitrogens with one attached hydrogen (secondary N) is 3. The summed E-state index contributed by atoms with van der Waals surface area (Å²) in [5, 5.41) is 6.93. The average Bonchev–Trinajstić information content (AvgIpc) is 2.98. The summed E-state index contributed by atoms with van der Waals surface area (Å²) in [7, 11) is 0. The molecule has 1 aromatic heterocycles. The van der Waals surface area contributed by atoms with Gasteiger partial charge in [-0.15, -0.1) is 0 Å². The van der Waals surface area contributed by atoms with Crippen molar-refractivity contribution in [3.8, 4) is 0 Å². The van der Waals surface area contributed by atoms with Gasteiger partial charge in [0.1, 0.15) is 0 Å². The van der Waals surface area contributed by atoms with E-state index in [1.54, 1.807) is 0 Å². The third-order valence-electron chi connectivity index (χ3n) is 4.62. The fraction of sp³-hybridized carbons (Fsp3) is 0.474. The number of likely N-dealkylation sites (tertiary alicyclic amines) is 1. The molecule has 6 heteroatoms. The number of hydrogen-bond acceptors (Lipinski definition) is 2. The van der Waals surface area contributed by atoms with Gasteiger partial charge in [-0.3, -0.25) is 4.79 Å². The van der Waals surface area contributed by atoms with E-state index in [2.05, 4.69) is 15.6 Å². The zero-order chi connectivity index (χ0) is 17.8. The lowest BCUT2D eigenvalue weighted by Crippen LogP contribution is -2.50. The molecule has 25 heavy (non-hydrogen) atoms. The third-order valence-corrected chi connectivity index (χ3v) is 4.62. The number of aromatic nitrogens is 1. The summed E-state index contributed by atoms with van der Waals surface area (Å²) >= 11 is 0. The third kappa shape index (κ3) is 4.32. The molecule has 6 nitrogen and oxygen atoms in total. The monoisotopic (exact) mass is 342 g/mol. The molecule has 2 heterocycles. The Kier molecular flexibility index (Phi) is 5.26. The zero-order valence-corrected chi connectivity index (χ0v) is 14.8. The minimum atomic E-state index is -0.126. The molecule has 0 aliphatic carbocycles. The molecule has 1 aliphatic heterocycles. The highest BCUT2D eigenvalue weighted by Gasteiger charge is 2.24. The first-order valence-corrected chi connectivity index (χ1v) is 8.92. The van der Waals surface area contributed by atoms with Crippen LogP contribution in [0, 0.1) is 0 Å². The molecule has 0 radical (unpaired) electrons. The molecule has 1 aromatic carbocycles. The molecule has 134 valence electrons. The number of H-pyrrole nitrogens is 1. The Balaban J connectivity index is 1.51. The number of carbonyl (C=O) groups is 2. The first kappa shape index (κ1) is 17.3. The number of para-hydroxylation sites is 1.